The average molecular weight is 223 g/mol. The van der Waals surface area contributed by atoms with Gasteiger partial charge in [-0.1, -0.05) is 6.07 Å². The molecule has 0 fully saturated rings. The molecule has 1 heterocycles. The Morgan fingerprint density at radius 2 is 2.12 bits per heavy atom. The summed E-state index contributed by atoms with van der Waals surface area (Å²) in [4.78, 5) is 0. The zero-order valence-electron chi connectivity index (χ0n) is 8.69. The van der Waals surface area contributed by atoms with E-state index in [-0.39, 0.29) is 0 Å². The lowest BCUT2D eigenvalue weighted by Gasteiger charge is -2.03. The van der Waals surface area contributed by atoms with Gasteiger partial charge in [0.2, 0.25) is 0 Å². The summed E-state index contributed by atoms with van der Waals surface area (Å²) in [5, 5.41) is 3.59. The van der Waals surface area contributed by atoms with E-state index in [9.17, 15) is 8.78 Å². The van der Waals surface area contributed by atoms with Gasteiger partial charge in [-0.2, -0.15) is 13.9 Å². The van der Waals surface area contributed by atoms with Gasteiger partial charge in [0.25, 0.3) is 0 Å². The highest BCUT2D eigenvalue weighted by Crippen LogP contribution is 2.25. The molecule has 2 rings (SSSR count). The molecule has 5 heteroatoms. The monoisotopic (exact) mass is 223 g/mol. The van der Waals surface area contributed by atoms with E-state index in [0.717, 1.165) is 11.1 Å². The first kappa shape index (κ1) is 10.6. The predicted molar refractivity (Wildman–Crippen MR) is 58.1 cm³/mol. The van der Waals surface area contributed by atoms with Gasteiger partial charge in [0, 0.05) is 17.4 Å². The molecule has 0 saturated heterocycles. The van der Waals surface area contributed by atoms with Crippen LogP contribution in [0.3, 0.4) is 0 Å². The van der Waals surface area contributed by atoms with Crippen molar-refractivity contribution in [2.45, 2.75) is 13.5 Å². The fraction of sp³-hybridized carbons (Fsp3) is 0.182. The number of nitrogens with zero attached hydrogens (tertiary/aromatic N) is 2. The van der Waals surface area contributed by atoms with Gasteiger partial charge >= 0.3 is 6.55 Å². The number of nitrogens with two attached hydrogens (primary N) is 1. The number of nitrogen functional groups attached to an aromatic ring is 1. The van der Waals surface area contributed by atoms with Gasteiger partial charge in [-0.25, -0.2) is 4.68 Å². The summed E-state index contributed by atoms with van der Waals surface area (Å²) in [5.74, 6) is 0. The van der Waals surface area contributed by atoms with Crippen LogP contribution in [0.15, 0.2) is 30.6 Å². The Balaban J connectivity index is 2.42. The SMILES string of the molecule is Cc1cc(N)ccc1-c1cnn(C(F)F)c1. The second kappa shape index (κ2) is 3.92. The first-order chi connectivity index (χ1) is 7.58. The number of halogens is 2. The molecule has 0 aliphatic rings. The zero-order valence-corrected chi connectivity index (χ0v) is 8.69. The van der Waals surface area contributed by atoms with Gasteiger partial charge in [0.1, 0.15) is 0 Å². The number of aromatic nitrogens is 2. The number of benzene rings is 1. The van der Waals surface area contributed by atoms with Gasteiger partial charge in [0.15, 0.2) is 0 Å². The number of hydrogen-bond acceptors (Lipinski definition) is 2. The Hall–Kier alpha value is -1.91. The number of alkyl halides is 2. The Morgan fingerprint density at radius 3 is 2.69 bits per heavy atom. The summed E-state index contributed by atoms with van der Waals surface area (Å²) in [6.07, 6.45) is 2.74. The van der Waals surface area contributed by atoms with Gasteiger partial charge < -0.3 is 5.73 Å². The van der Waals surface area contributed by atoms with E-state index in [1.807, 2.05) is 6.92 Å². The fourth-order valence-electron chi connectivity index (χ4n) is 1.59. The molecule has 0 aliphatic heterocycles. The molecule has 0 saturated carbocycles. The molecule has 0 bridgehead atoms. The van der Waals surface area contributed by atoms with Crippen molar-refractivity contribution in [3.05, 3.63) is 36.2 Å². The summed E-state index contributed by atoms with van der Waals surface area (Å²) in [5.41, 5.74) is 8.74. The number of rotatable bonds is 2. The van der Waals surface area contributed by atoms with Crippen LogP contribution in [-0.4, -0.2) is 9.78 Å². The molecule has 0 amide bonds. The lowest BCUT2D eigenvalue weighted by molar-refractivity contribution is 0.0566. The van der Waals surface area contributed by atoms with E-state index in [4.69, 9.17) is 5.73 Å². The van der Waals surface area contributed by atoms with Crippen molar-refractivity contribution in [3.63, 3.8) is 0 Å². The van der Waals surface area contributed by atoms with Crippen molar-refractivity contribution in [1.82, 2.24) is 9.78 Å². The normalized spacial score (nSPS) is 11.0. The highest BCUT2D eigenvalue weighted by atomic mass is 19.3. The van der Waals surface area contributed by atoms with Gasteiger partial charge in [-0.15, -0.1) is 0 Å². The van der Waals surface area contributed by atoms with Crippen molar-refractivity contribution in [3.8, 4) is 11.1 Å². The molecule has 2 N–H and O–H groups in total. The Labute approximate surface area is 91.5 Å². The summed E-state index contributed by atoms with van der Waals surface area (Å²) in [7, 11) is 0. The van der Waals surface area contributed by atoms with Crippen molar-refractivity contribution < 1.29 is 8.78 Å². The Morgan fingerprint density at radius 1 is 1.38 bits per heavy atom. The number of anilines is 1. The molecule has 1 aromatic carbocycles. The second-order valence-electron chi connectivity index (χ2n) is 3.56. The minimum absolute atomic E-state index is 0.630. The van der Waals surface area contributed by atoms with Crippen molar-refractivity contribution in [1.29, 1.82) is 0 Å². The number of aryl methyl sites for hydroxylation is 1. The van der Waals surface area contributed by atoms with Crippen LogP contribution in [0.4, 0.5) is 14.5 Å². The summed E-state index contributed by atoms with van der Waals surface area (Å²) in [6, 6.07) is 5.34. The molecule has 2 aromatic rings. The summed E-state index contributed by atoms with van der Waals surface area (Å²) in [6.45, 7) is -0.728. The van der Waals surface area contributed by atoms with Crippen molar-refractivity contribution >= 4 is 5.69 Å². The second-order valence-corrected chi connectivity index (χ2v) is 3.56. The molecule has 0 spiro atoms. The molecule has 0 radical (unpaired) electrons. The van der Waals surface area contributed by atoms with Crippen LogP contribution in [0.25, 0.3) is 11.1 Å². The number of hydrogen-bond donors (Lipinski definition) is 1. The summed E-state index contributed by atoms with van der Waals surface area (Å²) >= 11 is 0. The maximum atomic E-state index is 12.3. The van der Waals surface area contributed by atoms with E-state index in [1.165, 1.54) is 12.4 Å². The topological polar surface area (TPSA) is 43.8 Å². The standard InChI is InChI=1S/C11H11F2N3/c1-7-4-9(14)2-3-10(7)8-5-15-16(6-8)11(12)13/h2-6,11H,14H2,1H3. The maximum absolute atomic E-state index is 12.3. The van der Waals surface area contributed by atoms with Crippen LogP contribution in [-0.2, 0) is 0 Å². The van der Waals surface area contributed by atoms with Crippen LogP contribution < -0.4 is 5.73 Å². The van der Waals surface area contributed by atoms with Crippen LogP contribution >= 0.6 is 0 Å². The average Bonchev–Trinajstić information content (AvgIpc) is 2.66. The van der Waals surface area contributed by atoms with Crippen LogP contribution in [0, 0.1) is 6.92 Å². The molecular formula is C11H11F2N3. The van der Waals surface area contributed by atoms with Gasteiger partial charge in [0.05, 0.1) is 6.20 Å². The molecule has 16 heavy (non-hydrogen) atoms. The molecular weight excluding hydrogens is 212 g/mol. The summed E-state index contributed by atoms with van der Waals surface area (Å²) < 4.78 is 25.3. The molecule has 1 aromatic heterocycles. The maximum Gasteiger partial charge on any atom is 0.333 e. The highest BCUT2D eigenvalue weighted by molar-refractivity contribution is 5.68. The lowest BCUT2D eigenvalue weighted by Crippen LogP contribution is -1.96. The van der Waals surface area contributed by atoms with Crippen LogP contribution in [0.5, 0.6) is 0 Å². The van der Waals surface area contributed by atoms with Crippen molar-refractivity contribution in [2.75, 3.05) is 5.73 Å². The van der Waals surface area contributed by atoms with Crippen molar-refractivity contribution in [2.24, 2.45) is 0 Å². The minimum Gasteiger partial charge on any atom is -0.399 e. The molecule has 84 valence electrons. The predicted octanol–water partition coefficient (Wildman–Crippen LogP) is 2.84. The molecule has 0 atom stereocenters. The third-order valence-corrected chi connectivity index (χ3v) is 2.36. The first-order valence-corrected chi connectivity index (χ1v) is 4.77. The van der Waals surface area contributed by atoms with Gasteiger partial charge in [-0.3, -0.25) is 0 Å². The van der Waals surface area contributed by atoms with E-state index in [2.05, 4.69) is 5.10 Å². The zero-order chi connectivity index (χ0) is 11.7. The van der Waals surface area contributed by atoms with E-state index in [0.29, 0.717) is 15.9 Å². The first-order valence-electron chi connectivity index (χ1n) is 4.77. The lowest BCUT2D eigenvalue weighted by atomic mass is 10.0. The largest absolute Gasteiger partial charge is 0.399 e. The van der Waals surface area contributed by atoms with E-state index in [1.54, 1.807) is 18.2 Å². The third-order valence-electron chi connectivity index (χ3n) is 2.36. The smallest absolute Gasteiger partial charge is 0.333 e. The van der Waals surface area contributed by atoms with Crippen LogP contribution in [0.1, 0.15) is 12.1 Å². The Kier molecular flexibility index (Phi) is 2.60. The van der Waals surface area contributed by atoms with E-state index < -0.39 is 6.55 Å². The quantitative estimate of drug-likeness (QED) is 0.795. The van der Waals surface area contributed by atoms with Gasteiger partial charge in [-0.05, 0) is 30.2 Å². The highest BCUT2D eigenvalue weighted by Gasteiger charge is 2.09. The fourth-order valence-corrected chi connectivity index (χ4v) is 1.59. The molecule has 0 aliphatic carbocycles. The third kappa shape index (κ3) is 1.88. The molecule has 3 nitrogen and oxygen atoms in total. The van der Waals surface area contributed by atoms with Crippen LogP contribution in [0.2, 0.25) is 0 Å². The molecule has 0 unspecified atom stereocenters. The van der Waals surface area contributed by atoms with E-state index >= 15 is 0 Å². The minimum atomic E-state index is -2.61. The Bertz CT molecular complexity index is 506.